The average molecular weight is 263 g/mol. The quantitative estimate of drug-likeness (QED) is 0.680. The lowest BCUT2D eigenvalue weighted by atomic mass is 10.2. The van der Waals surface area contributed by atoms with Crippen molar-refractivity contribution in [2.24, 2.45) is 0 Å². The highest BCUT2D eigenvalue weighted by molar-refractivity contribution is 5.97. The van der Waals surface area contributed by atoms with Crippen molar-refractivity contribution >= 4 is 17.7 Å². The second kappa shape index (κ2) is 4.92. The summed E-state index contributed by atoms with van der Waals surface area (Å²) in [4.78, 5) is 32.2. The van der Waals surface area contributed by atoms with Crippen LogP contribution >= 0.6 is 0 Å². The van der Waals surface area contributed by atoms with Gasteiger partial charge in [0.15, 0.2) is 6.17 Å². The average Bonchev–Trinajstić information content (AvgIpc) is 2.40. The van der Waals surface area contributed by atoms with Crippen molar-refractivity contribution in [2.75, 3.05) is 12.4 Å². The third kappa shape index (κ3) is 2.46. The summed E-state index contributed by atoms with van der Waals surface area (Å²) in [6, 6.07) is 1.62. The highest BCUT2D eigenvalue weighted by atomic mass is 16.4. The summed E-state index contributed by atoms with van der Waals surface area (Å²) in [7, 11) is 1.63. The number of hydrogen-bond donors (Lipinski definition) is 3. The maximum Gasteiger partial charge on any atom is 0.354 e. The summed E-state index contributed by atoms with van der Waals surface area (Å²) >= 11 is 0. The van der Waals surface area contributed by atoms with Crippen molar-refractivity contribution in [2.45, 2.75) is 13.1 Å². The van der Waals surface area contributed by atoms with Gasteiger partial charge in [-0.3, -0.25) is 4.79 Å². The van der Waals surface area contributed by atoms with Gasteiger partial charge in [-0.2, -0.15) is 0 Å². The second-order valence-corrected chi connectivity index (χ2v) is 4.01. The van der Waals surface area contributed by atoms with Crippen LogP contribution in [0.3, 0.4) is 0 Å². The van der Waals surface area contributed by atoms with Crippen molar-refractivity contribution in [3.8, 4) is 0 Å². The minimum absolute atomic E-state index is 0.117. The van der Waals surface area contributed by atoms with Gasteiger partial charge < -0.3 is 20.6 Å². The molecule has 8 nitrogen and oxygen atoms in total. The standard InChI is InChI=1S/C11H13N5O3/c1-6-8(11(18)19)15-10(17)9(16(6)2)14-7-3-4-12-5-13-7/h3-5,9H,1-2H3,(H,15,17)(H,18,19)(H,12,13,14). The van der Waals surface area contributed by atoms with Crippen LogP contribution in [0.5, 0.6) is 0 Å². The van der Waals surface area contributed by atoms with Gasteiger partial charge in [-0.15, -0.1) is 0 Å². The van der Waals surface area contributed by atoms with E-state index in [1.54, 1.807) is 31.1 Å². The van der Waals surface area contributed by atoms with E-state index in [0.29, 0.717) is 11.5 Å². The Bertz CT molecular complexity index is 543. The highest BCUT2D eigenvalue weighted by Gasteiger charge is 2.33. The fourth-order valence-corrected chi connectivity index (χ4v) is 1.71. The van der Waals surface area contributed by atoms with E-state index in [1.807, 2.05) is 0 Å². The Labute approximate surface area is 109 Å². The third-order valence-corrected chi connectivity index (χ3v) is 2.86. The highest BCUT2D eigenvalue weighted by Crippen LogP contribution is 2.17. The molecular formula is C11H13N5O3. The molecule has 2 rings (SSSR count). The molecule has 0 aliphatic carbocycles. The van der Waals surface area contributed by atoms with Crippen LogP contribution in [-0.2, 0) is 9.59 Å². The molecular weight excluding hydrogens is 250 g/mol. The molecule has 1 atom stereocenters. The summed E-state index contributed by atoms with van der Waals surface area (Å²) in [6.45, 7) is 1.62. The predicted octanol–water partition coefficient (Wildman–Crippen LogP) is -0.408. The van der Waals surface area contributed by atoms with Crippen LogP contribution in [0.2, 0.25) is 0 Å². The summed E-state index contributed by atoms with van der Waals surface area (Å²) in [6.07, 6.45) is 2.17. The van der Waals surface area contributed by atoms with Crippen LogP contribution in [0.15, 0.2) is 30.0 Å². The van der Waals surface area contributed by atoms with E-state index in [9.17, 15) is 9.59 Å². The van der Waals surface area contributed by atoms with E-state index in [1.165, 1.54) is 6.33 Å². The van der Waals surface area contributed by atoms with E-state index in [2.05, 4.69) is 20.6 Å². The Hall–Kier alpha value is -2.64. The van der Waals surface area contributed by atoms with Gasteiger partial charge in [-0.25, -0.2) is 14.8 Å². The summed E-state index contributed by atoms with van der Waals surface area (Å²) in [5.41, 5.74) is 0.340. The number of carbonyl (C=O) groups excluding carboxylic acids is 1. The molecule has 0 radical (unpaired) electrons. The molecule has 0 saturated carbocycles. The minimum atomic E-state index is -1.17. The number of nitrogens with one attached hydrogen (secondary N) is 2. The van der Waals surface area contributed by atoms with Crippen molar-refractivity contribution in [1.82, 2.24) is 20.2 Å². The van der Waals surface area contributed by atoms with E-state index in [-0.39, 0.29) is 5.70 Å². The number of rotatable bonds is 3. The number of carbonyl (C=O) groups is 2. The molecule has 1 aromatic heterocycles. The lowest BCUT2D eigenvalue weighted by Crippen LogP contribution is -2.54. The normalized spacial score (nSPS) is 19.2. The molecule has 1 aliphatic rings. The van der Waals surface area contributed by atoms with Gasteiger partial charge in [0.2, 0.25) is 0 Å². The first-order valence-corrected chi connectivity index (χ1v) is 5.51. The summed E-state index contributed by atoms with van der Waals surface area (Å²) < 4.78 is 0. The van der Waals surface area contributed by atoms with Gasteiger partial charge in [0.1, 0.15) is 17.8 Å². The first-order chi connectivity index (χ1) is 9.00. The molecule has 3 N–H and O–H groups in total. The number of carboxylic acid groups (broad SMARTS) is 1. The molecule has 1 aromatic rings. The number of allylic oxidation sites excluding steroid dienone is 1. The monoisotopic (exact) mass is 263 g/mol. The number of nitrogens with zero attached hydrogens (tertiary/aromatic N) is 3. The first-order valence-electron chi connectivity index (χ1n) is 5.51. The van der Waals surface area contributed by atoms with Gasteiger partial charge in [0.05, 0.1) is 0 Å². The Kier molecular flexibility index (Phi) is 3.32. The molecule has 1 unspecified atom stereocenters. The predicted molar refractivity (Wildman–Crippen MR) is 65.7 cm³/mol. The van der Waals surface area contributed by atoms with Crippen LogP contribution in [0.25, 0.3) is 0 Å². The number of hydrogen-bond acceptors (Lipinski definition) is 6. The number of aliphatic carboxylic acids is 1. The molecule has 100 valence electrons. The second-order valence-electron chi connectivity index (χ2n) is 4.01. The molecule has 0 spiro atoms. The summed E-state index contributed by atoms with van der Waals surface area (Å²) in [5, 5.41) is 14.2. The molecule has 0 saturated heterocycles. The van der Waals surface area contributed by atoms with Gasteiger partial charge in [-0.05, 0) is 13.0 Å². The van der Waals surface area contributed by atoms with Crippen molar-refractivity contribution in [3.63, 3.8) is 0 Å². The maximum atomic E-state index is 11.9. The number of likely N-dealkylation sites (N-methyl/N-ethyl adjacent to an activating group) is 1. The number of amides is 1. The first kappa shape index (κ1) is 12.8. The van der Waals surface area contributed by atoms with Crippen LogP contribution in [-0.4, -0.2) is 45.1 Å². The molecule has 0 aromatic carbocycles. The zero-order valence-corrected chi connectivity index (χ0v) is 10.4. The number of aromatic nitrogens is 2. The molecule has 0 fully saturated rings. The lowest BCUT2D eigenvalue weighted by Gasteiger charge is -2.35. The fourth-order valence-electron chi connectivity index (χ4n) is 1.71. The largest absolute Gasteiger partial charge is 0.477 e. The van der Waals surface area contributed by atoms with Gasteiger partial charge in [0, 0.05) is 18.9 Å². The molecule has 1 amide bonds. The molecule has 19 heavy (non-hydrogen) atoms. The van der Waals surface area contributed by atoms with E-state index >= 15 is 0 Å². The third-order valence-electron chi connectivity index (χ3n) is 2.86. The Morgan fingerprint density at radius 2 is 2.32 bits per heavy atom. The number of carboxylic acids is 1. The Morgan fingerprint density at radius 1 is 1.58 bits per heavy atom. The van der Waals surface area contributed by atoms with Gasteiger partial charge >= 0.3 is 5.97 Å². The SMILES string of the molecule is CC1=C(C(=O)O)NC(=O)C(Nc2ccncn2)N1C. The van der Waals surface area contributed by atoms with Crippen LogP contribution in [0.1, 0.15) is 6.92 Å². The van der Waals surface area contributed by atoms with Gasteiger partial charge in [0.25, 0.3) is 5.91 Å². The van der Waals surface area contributed by atoms with Crippen molar-refractivity contribution in [3.05, 3.63) is 30.0 Å². The maximum absolute atomic E-state index is 11.9. The van der Waals surface area contributed by atoms with Crippen molar-refractivity contribution in [1.29, 1.82) is 0 Å². The van der Waals surface area contributed by atoms with Crippen LogP contribution < -0.4 is 10.6 Å². The summed E-state index contributed by atoms with van der Waals surface area (Å²) in [5.74, 6) is -1.14. The molecule has 1 aliphatic heterocycles. The minimum Gasteiger partial charge on any atom is -0.477 e. The van der Waals surface area contributed by atoms with Crippen LogP contribution in [0, 0.1) is 0 Å². The van der Waals surface area contributed by atoms with E-state index < -0.39 is 18.0 Å². The fraction of sp³-hybridized carbons (Fsp3) is 0.273. The van der Waals surface area contributed by atoms with Gasteiger partial charge in [-0.1, -0.05) is 0 Å². The molecule has 2 heterocycles. The topological polar surface area (TPSA) is 107 Å². The zero-order chi connectivity index (χ0) is 14.0. The molecule has 8 heteroatoms. The van der Waals surface area contributed by atoms with Crippen molar-refractivity contribution < 1.29 is 14.7 Å². The lowest BCUT2D eigenvalue weighted by molar-refractivity contribution is -0.136. The van der Waals surface area contributed by atoms with E-state index in [0.717, 1.165) is 0 Å². The Morgan fingerprint density at radius 3 is 2.89 bits per heavy atom. The smallest absolute Gasteiger partial charge is 0.354 e. The van der Waals surface area contributed by atoms with E-state index in [4.69, 9.17) is 5.11 Å². The Balaban J connectivity index is 2.24. The number of anilines is 1. The van der Waals surface area contributed by atoms with Crippen LogP contribution in [0.4, 0.5) is 5.82 Å². The zero-order valence-electron chi connectivity index (χ0n) is 10.4. The molecule has 0 bridgehead atoms.